The molecule has 0 spiro atoms. The summed E-state index contributed by atoms with van der Waals surface area (Å²) in [6.07, 6.45) is 3.93. The van der Waals surface area contributed by atoms with Crippen LogP contribution in [-0.2, 0) is 11.3 Å². The van der Waals surface area contributed by atoms with E-state index in [4.69, 9.17) is 5.11 Å². The SMILES string of the molecule is CC(C)(CC(=O)O)NC(=O)NCCCn1ccnn1. The summed E-state index contributed by atoms with van der Waals surface area (Å²) in [5, 5.41) is 21.4. The molecule has 0 aliphatic heterocycles. The molecule has 0 bridgehead atoms. The highest BCUT2D eigenvalue weighted by Gasteiger charge is 2.23. The quantitative estimate of drug-likeness (QED) is 0.613. The Kier molecular flexibility index (Phi) is 5.28. The highest BCUT2D eigenvalue weighted by atomic mass is 16.4. The number of urea groups is 1. The zero-order valence-corrected chi connectivity index (χ0v) is 11.1. The molecule has 1 heterocycles. The summed E-state index contributed by atoms with van der Waals surface area (Å²) < 4.78 is 1.67. The van der Waals surface area contributed by atoms with Gasteiger partial charge in [0.25, 0.3) is 0 Å². The van der Waals surface area contributed by atoms with Crippen LogP contribution in [0.1, 0.15) is 26.7 Å². The fourth-order valence-electron chi connectivity index (χ4n) is 1.57. The first-order valence-corrected chi connectivity index (χ1v) is 6.01. The molecule has 1 aromatic rings. The van der Waals surface area contributed by atoms with Gasteiger partial charge < -0.3 is 15.7 Å². The molecule has 0 aliphatic rings. The maximum atomic E-state index is 11.6. The van der Waals surface area contributed by atoms with E-state index in [-0.39, 0.29) is 12.5 Å². The number of hydrogen-bond donors (Lipinski definition) is 3. The predicted molar refractivity (Wildman–Crippen MR) is 67.5 cm³/mol. The van der Waals surface area contributed by atoms with Crippen LogP contribution in [0.4, 0.5) is 4.79 Å². The van der Waals surface area contributed by atoms with Gasteiger partial charge in [-0.05, 0) is 20.3 Å². The number of aliphatic carboxylic acids is 1. The zero-order valence-electron chi connectivity index (χ0n) is 11.1. The van der Waals surface area contributed by atoms with E-state index in [1.54, 1.807) is 30.9 Å². The smallest absolute Gasteiger partial charge is 0.315 e. The summed E-state index contributed by atoms with van der Waals surface area (Å²) >= 11 is 0. The number of amides is 2. The van der Waals surface area contributed by atoms with Gasteiger partial charge in [0.15, 0.2) is 0 Å². The molecular formula is C11H19N5O3. The van der Waals surface area contributed by atoms with Gasteiger partial charge in [0.05, 0.1) is 12.6 Å². The van der Waals surface area contributed by atoms with E-state index in [1.807, 2.05) is 0 Å². The molecule has 0 aliphatic carbocycles. The Labute approximate surface area is 111 Å². The number of carbonyl (C=O) groups is 2. The molecule has 0 fully saturated rings. The van der Waals surface area contributed by atoms with E-state index < -0.39 is 11.5 Å². The van der Waals surface area contributed by atoms with Crippen LogP contribution in [0.3, 0.4) is 0 Å². The molecule has 19 heavy (non-hydrogen) atoms. The van der Waals surface area contributed by atoms with Crippen molar-refractivity contribution in [3.63, 3.8) is 0 Å². The zero-order chi connectivity index (χ0) is 14.3. The van der Waals surface area contributed by atoms with Crippen molar-refractivity contribution < 1.29 is 14.7 Å². The number of aryl methyl sites for hydroxylation is 1. The topological polar surface area (TPSA) is 109 Å². The van der Waals surface area contributed by atoms with Crippen molar-refractivity contribution in [2.24, 2.45) is 0 Å². The lowest BCUT2D eigenvalue weighted by molar-refractivity contribution is -0.138. The monoisotopic (exact) mass is 269 g/mol. The first kappa shape index (κ1) is 14.9. The van der Waals surface area contributed by atoms with Crippen LogP contribution in [0.15, 0.2) is 12.4 Å². The summed E-state index contributed by atoms with van der Waals surface area (Å²) in [5.74, 6) is -0.948. The number of nitrogens with one attached hydrogen (secondary N) is 2. The van der Waals surface area contributed by atoms with E-state index in [0.29, 0.717) is 13.1 Å². The van der Waals surface area contributed by atoms with Crippen LogP contribution in [0, 0.1) is 0 Å². The Bertz CT molecular complexity index is 416. The number of carbonyl (C=O) groups excluding carboxylic acids is 1. The van der Waals surface area contributed by atoms with Gasteiger partial charge in [-0.15, -0.1) is 5.10 Å². The molecule has 106 valence electrons. The molecule has 0 radical (unpaired) electrons. The first-order valence-electron chi connectivity index (χ1n) is 6.01. The van der Waals surface area contributed by atoms with E-state index >= 15 is 0 Å². The molecule has 1 aromatic heterocycles. The lowest BCUT2D eigenvalue weighted by atomic mass is 10.0. The highest BCUT2D eigenvalue weighted by molar-refractivity contribution is 5.76. The largest absolute Gasteiger partial charge is 0.481 e. The van der Waals surface area contributed by atoms with E-state index in [9.17, 15) is 9.59 Å². The fourth-order valence-corrected chi connectivity index (χ4v) is 1.57. The second kappa shape index (κ2) is 6.72. The summed E-state index contributed by atoms with van der Waals surface area (Å²) in [4.78, 5) is 22.2. The van der Waals surface area contributed by atoms with Gasteiger partial charge in [0.2, 0.25) is 0 Å². The maximum absolute atomic E-state index is 11.6. The summed E-state index contributed by atoms with van der Waals surface area (Å²) in [6, 6.07) is -0.371. The Morgan fingerprint density at radius 3 is 2.74 bits per heavy atom. The molecule has 8 heteroatoms. The van der Waals surface area contributed by atoms with Gasteiger partial charge in [-0.25, -0.2) is 4.79 Å². The van der Waals surface area contributed by atoms with Crippen LogP contribution >= 0.6 is 0 Å². The minimum atomic E-state index is -0.948. The van der Waals surface area contributed by atoms with E-state index in [2.05, 4.69) is 20.9 Å². The highest BCUT2D eigenvalue weighted by Crippen LogP contribution is 2.07. The summed E-state index contributed by atoms with van der Waals surface area (Å²) in [6.45, 7) is 4.47. The molecule has 0 saturated carbocycles. The van der Waals surface area contributed by atoms with Crippen LogP contribution in [0.2, 0.25) is 0 Å². The Hall–Kier alpha value is -2.12. The Balaban J connectivity index is 2.18. The molecule has 8 nitrogen and oxygen atoms in total. The van der Waals surface area contributed by atoms with Crippen LogP contribution in [0.25, 0.3) is 0 Å². The van der Waals surface area contributed by atoms with Gasteiger partial charge in [0.1, 0.15) is 0 Å². The number of aromatic nitrogens is 3. The van der Waals surface area contributed by atoms with Crippen LogP contribution in [0.5, 0.6) is 0 Å². The molecule has 0 aromatic carbocycles. The van der Waals surface area contributed by atoms with Crippen molar-refractivity contribution in [2.75, 3.05) is 6.54 Å². The number of rotatable bonds is 7. The normalized spacial score (nSPS) is 11.1. The van der Waals surface area contributed by atoms with Gasteiger partial charge in [-0.3, -0.25) is 9.48 Å². The van der Waals surface area contributed by atoms with Crippen molar-refractivity contribution in [3.8, 4) is 0 Å². The van der Waals surface area contributed by atoms with Gasteiger partial charge in [0, 0.05) is 24.8 Å². The molecular weight excluding hydrogens is 250 g/mol. The Morgan fingerprint density at radius 2 is 2.16 bits per heavy atom. The third-order valence-electron chi connectivity index (χ3n) is 2.37. The average Bonchev–Trinajstić information content (AvgIpc) is 2.74. The van der Waals surface area contributed by atoms with Crippen molar-refractivity contribution in [3.05, 3.63) is 12.4 Å². The molecule has 0 unspecified atom stereocenters. The number of carboxylic acid groups (broad SMARTS) is 1. The molecule has 0 saturated heterocycles. The minimum Gasteiger partial charge on any atom is -0.481 e. The summed E-state index contributed by atoms with van der Waals surface area (Å²) in [5.41, 5.74) is -0.776. The number of hydrogen-bond acceptors (Lipinski definition) is 4. The molecule has 3 N–H and O–H groups in total. The molecule has 0 atom stereocenters. The van der Waals surface area contributed by atoms with Gasteiger partial charge in [-0.2, -0.15) is 0 Å². The minimum absolute atomic E-state index is 0.126. The fraction of sp³-hybridized carbons (Fsp3) is 0.636. The molecule has 1 rings (SSSR count). The predicted octanol–water partition coefficient (Wildman–Crippen LogP) is 0.221. The van der Waals surface area contributed by atoms with Crippen LogP contribution < -0.4 is 10.6 Å². The first-order chi connectivity index (χ1) is 8.89. The summed E-state index contributed by atoms with van der Waals surface area (Å²) in [7, 11) is 0. The van der Waals surface area contributed by atoms with Crippen molar-refractivity contribution in [1.29, 1.82) is 0 Å². The Morgan fingerprint density at radius 1 is 1.42 bits per heavy atom. The third kappa shape index (κ3) is 6.39. The van der Waals surface area contributed by atoms with Crippen molar-refractivity contribution in [1.82, 2.24) is 25.6 Å². The average molecular weight is 269 g/mol. The number of nitrogens with zero attached hydrogens (tertiary/aromatic N) is 3. The lowest BCUT2D eigenvalue weighted by Gasteiger charge is -2.24. The molecule has 2 amide bonds. The lowest BCUT2D eigenvalue weighted by Crippen LogP contribution is -2.49. The van der Waals surface area contributed by atoms with Gasteiger partial charge >= 0.3 is 12.0 Å². The standard InChI is InChI=1S/C11H19N5O3/c1-11(2,8-9(17)18)14-10(19)12-4-3-6-16-7-5-13-15-16/h5,7H,3-4,6,8H2,1-2H3,(H,17,18)(H2,12,14,19). The second-order valence-electron chi connectivity index (χ2n) is 4.85. The second-order valence-corrected chi connectivity index (χ2v) is 4.85. The van der Waals surface area contributed by atoms with E-state index in [1.165, 1.54) is 0 Å². The maximum Gasteiger partial charge on any atom is 0.315 e. The van der Waals surface area contributed by atoms with Crippen molar-refractivity contribution in [2.45, 2.75) is 38.8 Å². The van der Waals surface area contributed by atoms with E-state index in [0.717, 1.165) is 6.42 Å². The van der Waals surface area contributed by atoms with Crippen LogP contribution in [-0.4, -0.2) is 44.2 Å². The number of carboxylic acids is 1. The van der Waals surface area contributed by atoms with Gasteiger partial charge in [-0.1, -0.05) is 5.21 Å². The van der Waals surface area contributed by atoms with Crippen molar-refractivity contribution >= 4 is 12.0 Å². The third-order valence-corrected chi connectivity index (χ3v) is 2.37.